The highest BCUT2D eigenvalue weighted by Gasteiger charge is 2.19. The minimum absolute atomic E-state index is 0.485. The van der Waals surface area contributed by atoms with Gasteiger partial charge in [0.1, 0.15) is 18.0 Å². The minimum Gasteiger partial charge on any atom is -0.373 e. The van der Waals surface area contributed by atoms with E-state index in [1.165, 1.54) is 0 Å². The fourth-order valence-electron chi connectivity index (χ4n) is 1.82. The van der Waals surface area contributed by atoms with Crippen LogP contribution >= 0.6 is 0 Å². The summed E-state index contributed by atoms with van der Waals surface area (Å²) in [6.07, 6.45) is 1.61. The lowest BCUT2D eigenvalue weighted by molar-refractivity contribution is 0.497. The molecule has 1 atom stereocenters. The van der Waals surface area contributed by atoms with Crippen LogP contribution in [0.25, 0.3) is 0 Å². The number of hydrogen-bond acceptors (Lipinski definition) is 5. The molecule has 1 aliphatic heterocycles. The third-order valence-electron chi connectivity index (χ3n) is 2.70. The first-order valence-electron chi connectivity index (χ1n) is 5.28. The van der Waals surface area contributed by atoms with Crippen LogP contribution in [-0.4, -0.2) is 42.7 Å². The van der Waals surface area contributed by atoms with Crippen molar-refractivity contribution in [3.8, 4) is 0 Å². The molecule has 0 spiro atoms. The second-order valence-electron chi connectivity index (χ2n) is 3.76. The summed E-state index contributed by atoms with van der Waals surface area (Å²) in [6.45, 7) is 5.23. The highest BCUT2D eigenvalue weighted by molar-refractivity contribution is 5.49. The second-order valence-corrected chi connectivity index (χ2v) is 3.76. The Bertz CT molecular complexity index is 327. The van der Waals surface area contributed by atoms with Crippen LogP contribution in [0.2, 0.25) is 0 Å². The number of aromatic nitrogens is 2. The van der Waals surface area contributed by atoms with E-state index in [9.17, 15) is 0 Å². The molecule has 15 heavy (non-hydrogen) atoms. The molecule has 0 amide bonds. The van der Waals surface area contributed by atoms with Gasteiger partial charge in [0.05, 0.1) is 0 Å². The van der Waals surface area contributed by atoms with E-state index < -0.39 is 0 Å². The van der Waals surface area contributed by atoms with E-state index in [-0.39, 0.29) is 0 Å². The molecule has 0 saturated carbocycles. The van der Waals surface area contributed by atoms with E-state index in [2.05, 4.69) is 32.4 Å². The maximum absolute atomic E-state index is 4.31. The molecule has 1 aromatic heterocycles. The van der Waals surface area contributed by atoms with Gasteiger partial charge in [0, 0.05) is 38.8 Å². The van der Waals surface area contributed by atoms with Gasteiger partial charge in [0.25, 0.3) is 0 Å². The zero-order chi connectivity index (χ0) is 10.7. The fraction of sp³-hybridized carbons (Fsp3) is 0.600. The van der Waals surface area contributed by atoms with Crippen LogP contribution < -0.4 is 15.5 Å². The molecule has 5 heteroatoms. The summed E-state index contributed by atoms with van der Waals surface area (Å²) < 4.78 is 0. The fourth-order valence-corrected chi connectivity index (χ4v) is 1.82. The molecular weight excluding hydrogens is 190 g/mol. The zero-order valence-electron chi connectivity index (χ0n) is 9.20. The van der Waals surface area contributed by atoms with Crippen LogP contribution in [0.4, 0.5) is 11.6 Å². The molecule has 1 saturated heterocycles. The summed E-state index contributed by atoms with van der Waals surface area (Å²) in [4.78, 5) is 10.7. The highest BCUT2D eigenvalue weighted by Crippen LogP contribution is 2.17. The van der Waals surface area contributed by atoms with Crippen molar-refractivity contribution in [2.75, 3.05) is 36.9 Å². The van der Waals surface area contributed by atoms with Crippen LogP contribution in [0.5, 0.6) is 0 Å². The van der Waals surface area contributed by atoms with Crippen LogP contribution in [0.15, 0.2) is 12.4 Å². The van der Waals surface area contributed by atoms with E-state index in [0.717, 1.165) is 31.3 Å². The maximum atomic E-state index is 4.31. The van der Waals surface area contributed by atoms with Crippen molar-refractivity contribution < 1.29 is 0 Å². The van der Waals surface area contributed by atoms with Gasteiger partial charge in [-0.25, -0.2) is 9.97 Å². The smallest absolute Gasteiger partial charge is 0.134 e. The number of nitrogens with one attached hydrogen (secondary N) is 2. The average molecular weight is 207 g/mol. The van der Waals surface area contributed by atoms with Crippen molar-refractivity contribution in [1.82, 2.24) is 15.3 Å². The molecule has 82 valence electrons. The van der Waals surface area contributed by atoms with Crippen molar-refractivity contribution in [2.24, 2.45) is 0 Å². The van der Waals surface area contributed by atoms with Gasteiger partial charge in [-0.2, -0.15) is 0 Å². The molecule has 2 heterocycles. The predicted molar refractivity (Wildman–Crippen MR) is 61.3 cm³/mol. The Kier molecular flexibility index (Phi) is 3.01. The first kappa shape index (κ1) is 10.2. The molecule has 1 aliphatic rings. The Morgan fingerprint density at radius 2 is 2.40 bits per heavy atom. The third kappa shape index (κ3) is 2.18. The quantitative estimate of drug-likeness (QED) is 0.731. The first-order valence-corrected chi connectivity index (χ1v) is 5.28. The summed E-state index contributed by atoms with van der Waals surface area (Å²) in [5.41, 5.74) is 0. The normalized spacial score (nSPS) is 21.5. The van der Waals surface area contributed by atoms with Crippen LogP contribution in [0.1, 0.15) is 6.92 Å². The Morgan fingerprint density at radius 1 is 1.53 bits per heavy atom. The molecule has 5 nitrogen and oxygen atoms in total. The van der Waals surface area contributed by atoms with Gasteiger partial charge < -0.3 is 15.5 Å². The topological polar surface area (TPSA) is 53.1 Å². The molecule has 0 bridgehead atoms. The molecule has 1 fully saturated rings. The van der Waals surface area contributed by atoms with Crippen molar-refractivity contribution in [1.29, 1.82) is 0 Å². The van der Waals surface area contributed by atoms with E-state index in [4.69, 9.17) is 0 Å². The molecule has 2 rings (SSSR count). The van der Waals surface area contributed by atoms with Gasteiger partial charge in [0.2, 0.25) is 0 Å². The molecule has 0 radical (unpaired) electrons. The lowest BCUT2D eigenvalue weighted by atomic mass is 10.2. The highest BCUT2D eigenvalue weighted by atomic mass is 15.3. The zero-order valence-corrected chi connectivity index (χ0v) is 9.20. The average Bonchev–Trinajstić information content (AvgIpc) is 2.30. The Hall–Kier alpha value is -1.36. The standard InChI is InChI=1S/C10H17N5/c1-8-6-12-3-4-15(8)10-5-9(11-2)13-7-14-10/h5,7-8,12H,3-4,6H2,1-2H3,(H,11,13,14). The van der Waals surface area contributed by atoms with Gasteiger partial charge in [-0.05, 0) is 6.92 Å². The molecule has 1 unspecified atom stereocenters. The molecule has 0 aromatic carbocycles. The van der Waals surface area contributed by atoms with Gasteiger partial charge in [-0.3, -0.25) is 0 Å². The van der Waals surface area contributed by atoms with E-state index in [0.29, 0.717) is 6.04 Å². The number of piperazine rings is 1. The van der Waals surface area contributed by atoms with Crippen LogP contribution in [0.3, 0.4) is 0 Å². The van der Waals surface area contributed by atoms with E-state index >= 15 is 0 Å². The lowest BCUT2D eigenvalue weighted by Crippen LogP contribution is -2.50. The van der Waals surface area contributed by atoms with Gasteiger partial charge >= 0.3 is 0 Å². The molecule has 1 aromatic rings. The largest absolute Gasteiger partial charge is 0.373 e. The Labute approximate surface area is 89.9 Å². The number of nitrogens with zero attached hydrogens (tertiary/aromatic N) is 3. The summed E-state index contributed by atoms with van der Waals surface area (Å²) >= 11 is 0. The first-order chi connectivity index (χ1) is 7.31. The van der Waals surface area contributed by atoms with E-state index in [1.807, 2.05) is 13.1 Å². The lowest BCUT2D eigenvalue weighted by Gasteiger charge is -2.34. The second kappa shape index (κ2) is 4.44. The predicted octanol–water partition coefficient (Wildman–Crippen LogP) is 0.316. The van der Waals surface area contributed by atoms with Gasteiger partial charge in [-0.1, -0.05) is 0 Å². The van der Waals surface area contributed by atoms with E-state index in [1.54, 1.807) is 6.33 Å². The summed E-state index contributed by atoms with van der Waals surface area (Å²) in [5.74, 6) is 1.87. The SMILES string of the molecule is CNc1cc(N2CCNCC2C)ncn1. The molecule has 2 N–H and O–H groups in total. The number of rotatable bonds is 2. The molecular formula is C10H17N5. The van der Waals surface area contributed by atoms with Crippen LogP contribution in [-0.2, 0) is 0 Å². The minimum atomic E-state index is 0.485. The van der Waals surface area contributed by atoms with Crippen LogP contribution in [0, 0.1) is 0 Å². The number of hydrogen-bond donors (Lipinski definition) is 2. The van der Waals surface area contributed by atoms with Gasteiger partial charge in [-0.15, -0.1) is 0 Å². The summed E-state index contributed by atoms with van der Waals surface area (Å²) in [6, 6.07) is 2.47. The number of anilines is 2. The monoisotopic (exact) mass is 207 g/mol. The van der Waals surface area contributed by atoms with Crippen molar-refractivity contribution >= 4 is 11.6 Å². The van der Waals surface area contributed by atoms with Crippen molar-refractivity contribution in [3.05, 3.63) is 12.4 Å². The van der Waals surface area contributed by atoms with Crippen molar-refractivity contribution in [2.45, 2.75) is 13.0 Å². The Balaban J connectivity index is 2.19. The summed E-state index contributed by atoms with van der Waals surface area (Å²) in [5, 5.41) is 6.39. The Morgan fingerprint density at radius 3 is 3.13 bits per heavy atom. The maximum Gasteiger partial charge on any atom is 0.134 e. The summed E-state index contributed by atoms with van der Waals surface area (Å²) in [7, 11) is 1.87. The molecule has 0 aliphatic carbocycles. The van der Waals surface area contributed by atoms with Crippen molar-refractivity contribution in [3.63, 3.8) is 0 Å². The van der Waals surface area contributed by atoms with Gasteiger partial charge in [0.15, 0.2) is 0 Å². The third-order valence-corrected chi connectivity index (χ3v) is 2.70.